The molecule has 1 rings (SSSR count). The average Bonchev–Trinajstić information content (AvgIpc) is 2.56. The van der Waals surface area contributed by atoms with Crippen LogP contribution < -0.4 is 10.6 Å². The SMILES string of the molecule is CCCCCCCCCCNC(=O)C(=O)Nc1ccc(F)c(Cl)c1. The quantitative estimate of drug-likeness (QED) is 0.472. The van der Waals surface area contributed by atoms with Crippen LogP contribution in [0.25, 0.3) is 0 Å². The van der Waals surface area contributed by atoms with Gasteiger partial charge in [0.25, 0.3) is 0 Å². The van der Waals surface area contributed by atoms with Gasteiger partial charge in [-0.1, -0.05) is 63.5 Å². The summed E-state index contributed by atoms with van der Waals surface area (Å²) in [6.45, 7) is 2.68. The second kappa shape index (κ2) is 11.8. The predicted molar refractivity (Wildman–Crippen MR) is 95.7 cm³/mol. The lowest BCUT2D eigenvalue weighted by Gasteiger charge is -2.07. The van der Waals surface area contributed by atoms with Crippen molar-refractivity contribution in [1.29, 1.82) is 0 Å². The third-order valence-electron chi connectivity index (χ3n) is 3.70. The first-order valence-electron chi connectivity index (χ1n) is 8.58. The van der Waals surface area contributed by atoms with Crippen molar-refractivity contribution in [3.05, 3.63) is 29.0 Å². The number of carbonyl (C=O) groups excluding carboxylic acids is 2. The average molecular weight is 357 g/mol. The molecule has 0 aliphatic rings. The lowest BCUT2D eigenvalue weighted by atomic mass is 10.1. The largest absolute Gasteiger partial charge is 0.348 e. The minimum absolute atomic E-state index is 0.104. The number of benzene rings is 1. The number of unbranched alkanes of at least 4 members (excludes halogenated alkanes) is 7. The van der Waals surface area contributed by atoms with E-state index in [1.54, 1.807) is 0 Å². The van der Waals surface area contributed by atoms with Crippen LogP contribution in [0, 0.1) is 5.82 Å². The molecule has 2 N–H and O–H groups in total. The van der Waals surface area contributed by atoms with Gasteiger partial charge >= 0.3 is 11.8 Å². The first-order valence-corrected chi connectivity index (χ1v) is 8.96. The van der Waals surface area contributed by atoms with Crippen LogP contribution in [-0.4, -0.2) is 18.4 Å². The lowest BCUT2D eigenvalue weighted by Crippen LogP contribution is -2.35. The van der Waals surface area contributed by atoms with Gasteiger partial charge in [-0.3, -0.25) is 9.59 Å². The van der Waals surface area contributed by atoms with E-state index in [4.69, 9.17) is 11.6 Å². The number of hydrogen-bond acceptors (Lipinski definition) is 2. The molecule has 0 radical (unpaired) electrons. The Morgan fingerprint density at radius 1 is 1.00 bits per heavy atom. The smallest absolute Gasteiger partial charge is 0.313 e. The molecule has 0 aliphatic heterocycles. The Hall–Kier alpha value is -1.62. The van der Waals surface area contributed by atoms with Crippen LogP contribution in [0.2, 0.25) is 5.02 Å². The summed E-state index contributed by atoms with van der Waals surface area (Å²) in [5.74, 6) is -2.05. The Balaban J connectivity index is 2.14. The summed E-state index contributed by atoms with van der Waals surface area (Å²) < 4.78 is 13.0. The van der Waals surface area contributed by atoms with Crippen molar-refractivity contribution in [3.63, 3.8) is 0 Å². The first-order chi connectivity index (χ1) is 11.5. The summed E-state index contributed by atoms with van der Waals surface area (Å²) in [5, 5.41) is 4.87. The molecule has 0 heterocycles. The third kappa shape index (κ3) is 8.29. The summed E-state index contributed by atoms with van der Waals surface area (Å²) >= 11 is 5.62. The van der Waals surface area contributed by atoms with Crippen LogP contribution in [-0.2, 0) is 9.59 Å². The molecule has 1 aromatic rings. The van der Waals surface area contributed by atoms with E-state index < -0.39 is 17.6 Å². The van der Waals surface area contributed by atoms with Crippen molar-refractivity contribution < 1.29 is 14.0 Å². The molecule has 134 valence electrons. The fourth-order valence-corrected chi connectivity index (χ4v) is 2.48. The number of hydrogen-bond donors (Lipinski definition) is 2. The minimum atomic E-state index is -0.780. The van der Waals surface area contributed by atoms with E-state index in [9.17, 15) is 14.0 Å². The molecule has 0 aliphatic carbocycles. The molecule has 0 atom stereocenters. The fraction of sp³-hybridized carbons (Fsp3) is 0.556. The highest BCUT2D eigenvalue weighted by atomic mass is 35.5. The van der Waals surface area contributed by atoms with Crippen molar-refractivity contribution in [3.8, 4) is 0 Å². The molecule has 0 spiro atoms. The highest BCUT2D eigenvalue weighted by Crippen LogP contribution is 2.19. The minimum Gasteiger partial charge on any atom is -0.348 e. The molecule has 6 heteroatoms. The summed E-state index contributed by atoms with van der Waals surface area (Å²) in [4.78, 5) is 23.4. The Bertz CT molecular complexity index is 538. The predicted octanol–water partition coefficient (Wildman–Crippen LogP) is 4.67. The second-order valence-electron chi connectivity index (χ2n) is 5.81. The number of halogens is 2. The van der Waals surface area contributed by atoms with E-state index in [-0.39, 0.29) is 10.7 Å². The molecular weight excluding hydrogens is 331 g/mol. The number of nitrogens with one attached hydrogen (secondary N) is 2. The van der Waals surface area contributed by atoms with Gasteiger partial charge in [0.1, 0.15) is 5.82 Å². The highest BCUT2D eigenvalue weighted by Gasteiger charge is 2.13. The van der Waals surface area contributed by atoms with Crippen molar-refractivity contribution in [2.45, 2.75) is 58.3 Å². The van der Waals surface area contributed by atoms with Gasteiger partial charge in [0.05, 0.1) is 5.02 Å². The molecule has 1 aromatic carbocycles. The van der Waals surface area contributed by atoms with Crippen LogP contribution in [0.3, 0.4) is 0 Å². The Kier molecular flexibility index (Phi) is 10.1. The van der Waals surface area contributed by atoms with E-state index in [1.807, 2.05) is 0 Å². The molecule has 0 saturated heterocycles. The van der Waals surface area contributed by atoms with Crippen molar-refractivity contribution >= 4 is 29.1 Å². The standard InChI is InChI=1S/C18H26ClFN2O2/c1-2-3-4-5-6-7-8-9-12-21-17(23)18(24)22-14-10-11-16(20)15(19)13-14/h10-11,13H,2-9,12H2,1H3,(H,21,23)(H,22,24). The van der Waals surface area contributed by atoms with Crippen LogP contribution in [0.15, 0.2) is 18.2 Å². The fourth-order valence-electron chi connectivity index (χ4n) is 2.30. The molecule has 0 fully saturated rings. The summed E-state index contributed by atoms with van der Waals surface area (Å²) in [6.07, 6.45) is 9.38. The van der Waals surface area contributed by atoms with Crippen LogP contribution in [0.5, 0.6) is 0 Å². The number of rotatable bonds is 10. The number of anilines is 1. The van der Waals surface area contributed by atoms with Gasteiger partial charge in [0.15, 0.2) is 0 Å². The van der Waals surface area contributed by atoms with Gasteiger partial charge in [-0.2, -0.15) is 0 Å². The van der Waals surface area contributed by atoms with E-state index in [0.717, 1.165) is 25.3 Å². The molecule has 0 saturated carbocycles. The van der Waals surface area contributed by atoms with Gasteiger partial charge < -0.3 is 10.6 Å². The van der Waals surface area contributed by atoms with Crippen LogP contribution in [0.4, 0.5) is 10.1 Å². The highest BCUT2D eigenvalue weighted by molar-refractivity contribution is 6.39. The van der Waals surface area contributed by atoms with Crippen molar-refractivity contribution in [2.24, 2.45) is 0 Å². The Morgan fingerprint density at radius 2 is 1.62 bits per heavy atom. The number of amides is 2. The summed E-state index contributed by atoms with van der Waals surface area (Å²) in [7, 11) is 0. The number of carbonyl (C=O) groups is 2. The monoisotopic (exact) mass is 356 g/mol. The Labute approximate surface area is 148 Å². The third-order valence-corrected chi connectivity index (χ3v) is 3.99. The lowest BCUT2D eigenvalue weighted by molar-refractivity contribution is -0.136. The van der Waals surface area contributed by atoms with Crippen molar-refractivity contribution in [1.82, 2.24) is 5.32 Å². The first kappa shape index (κ1) is 20.4. The molecule has 4 nitrogen and oxygen atoms in total. The van der Waals surface area contributed by atoms with Crippen molar-refractivity contribution in [2.75, 3.05) is 11.9 Å². The maximum atomic E-state index is 13.0. The molecule has 24 heavy (non-hydrogen) atoms. The zero-order valence-electron chi connectivity index (χ0n) is 14.2. The van der Waals surface area contributed by atoms with E-state index >= 15 is 0 Å². The van der Waals surface area contributed by atoms with Crippen LogP contribution >= 0.6 is 11.6 Å². The molecule has 0 aromatic heterocycles. The zero-order chi connectivity index (χ0) is 17.8. The zero-order valence-corrected chi connectivity index (χ0v) is 14.9. The summed E-state index contributed by atoms with van der Waals surface area (Å²) in [5.41, 5.74) is 0.286. The normalized spacial score (nSPS) is 10.5. The van der Waals surface area contributed by atoms with Gasteiger partial charge in [-0.25, -0.2) is 4.39 Å². The van der Waals surface area contributed by atoms with Gasteiger partial charge in [-0.15, -0.1) is 0 Å². The molecule has 2 amide bonds. The summed E-state index contributed by atoms with van der Waals surface area (Å²) in [6, 6.07) is 3.75. The molecular formula is C18H26ClFN2O2. The van der Waals surface area contributed by atoms with Gasteiger partial charge in [-0.05, 0) is 24.6 Å². The maximum Gasteiger partial charge on any atom is 0.313 e. The van der Waals surface area contributed by atoms with E-state index in [0.29, 0.717) is 6.54 Å². The van der Waals surface area contributed by atoms with Gasteiger partial charge in [0, 0.05) is 12.2 Å². The molecule has 0 unspecified atom stereocenters. The molecule has 0 bridgehead atoms. The maximum absolute atomic E-state index is 13.0. The Morgan fingerprint density at radius 3 is 2.25 bits per heavy atom. The van der Waals surface area contributed by atoms with Gasteiger partial charge in [0.2, 0.25) is 0 Å². The van der Waals surface area contributed by atoms with E-state index in [2.05, 4.69) is 17.6 Å². The van der Waals surface area contributed by atoms with E-state index in [1.165, 1.54) is 44.2 Å². The second-order valence-corrected chi connectivity index (χ2v) is 6.22. The topological polar surface area (TPSA) is 58.2 Å². The van der Waals surface area contributed by atoms with Crippen LogP contribution in [0.1, 0.15) is 58.3 Å².